The van der Waals surface area contributed by atoms with Gasteiger partial charge in [-0.3, -0.25) is 13.9 Å². The molecule has 26 heavy (non-hydrogen) atoms. The molecule has 142 valence electrons. The molecule has 0 radical (unpaired) electrons. The summed E-state index contributed by atoms with van der Waals surface area (Å²) in [6.45, 7) is 2.05. The van der Waals surface area contributed by atoms with E-state index in [4.69, 9.17) is 27.0 Å². The molecule has 0 aliphatic carbocycles. The molecule has 1 aromatic rings. The number of piperidine rings is 1. The highest BCUT2D eigenvalue weighted by atomic mass is 32.3. The molecule has 1 saturated heterocycles. The number of ether oxygens (including phenoxy) is 2. The molecule has 0 aromatic heterocycles. The molecule has 0 atom stereocenters. The van der Waals surface area contributed by atoms with Crippen LogP contribution in [-0.4, -0.2) is 48.2 Å². The minimum atomic E-state index is -4.67. The Morgan fingerprint density at radius 1 is 1.04 bits per heavy atom. The maximum Gasteiger partial charge on any atom is 0.394 e. The summed E-state index contributed by atoms with van der Waals surface area (Å²) < 4.78 is 42.2. The molecule has 2 aliphatic rings. The van der Waals surface area contributed by atoms with Crippen molar-refractivity contribution in [3.05, 3.63) is 42.0 Å². The van der Waals surface area contributed by atoms with Gasteiger partial charge in [-0.1, -0.05) is 24.3 Å². The maximum absolute atomic E-state index is 11.9. The Morgan fingerprint density at radius 3 is 2.38 bits per heavy atom. The van der Waals surface area contributed by atoms with Gasteiger partial charge in [0.15, 0.2) is 11.5 Å². The van der Waals surface area contributed by atoms with Gasteiger partial charge in [0, 0.05) is 19.2 Å². The van der Waals surface area contributed by atoms with E-state index in [2.05, 4.69) is 0 Å². The second-order valence-electron chi connectivity index (χ2n) is 5.66. The molecule has 3 rings (SSSR count). The number of amides is 1. The van der Waals surface area contributed by atoms with Crippen molar-refractivity contribution in [1.82, 2.24) is 4.90 Å². The van der Waals surface area contributed by atoms with Gasteiger partial charge in [0.25, 0.3) is 0 Å². The third-order valence-electron chi connectivity index (χ3n) is 3.70. The molecule has 1 amide bonds. The number of benzene rings is 1. The fourth-order valence-corrected chi connectivity index (χ4v) is 2.54. The lowest BCUT2D eigenvalue weighted by Gasteiger charge is -2.25. The lowest BCUT2D eigenvalue weighted by Crippen LogP contribution is -2.34. The third-order valence-corrected chi connectivity index (χ3v) is 3.70. The number of rotatable bonds is 3. The third kappa shape index (κ3) is 7.26. The first-order valence-corrected chi connectivity index (χ1v) is 9.46. The standard InChI is InChI=1S/C17H19NO3.H2O4S/c19-17(18-10-4-1-5-11-18)7-3-2-6-14-8-9-15-16(12-14)21-13-20-15;1-5(2,3)4/h2-3,6-9,12H,1,4-5,10-11,13H2;(H2,1,2,3,4)/b6-2+,7-3+;. The summed E-state index contributed by atoms with van der Waals surface area (Å²) in [5.41, 5.74) is 1.02. The van der Waals surface area contributed by atoms with E-state index in [0.717, 1.165) is 43.0 Å². The van der Waals surface area contributed by atoms with Crippen molar-refractivity contribution >= 4 is 22.4 Å². The number of hydrogen-bond acceptors (Lipinski definition) is 5. The van der Waals surface area contributed by atoms with E-state index < -0.39 is 10.4 Å². The van der Waals surface area contributed by atoms with Gasteiger partial charge < -0.3 is 14.4 Å². The zero-order valence-corrected chi connectivity index (χ0v) is 14.9. The van der Waals surface area contributed by atoms with Crippen molar-refractivity contribution < 1.29 is 31.8 Å². The number of hydrogen-bond donors (Lipinski definition) is 2. The molecule has 2 heterocycles. The Hall–Kier alpha value is -2.36. The number of carbonyl (C=O) groups is 1. The Morgan fingerprint density at radius 2 is 1.69 bits per heavy atom. The summed E-state index contributed by atoms with van der Waals surface area (Å²) in [6, 6.07) is 5.79. The van der Waals surface area contributed by atoms with E-state index >= 15 is 0 Å². The molecule has 1 aromatic carbocycles. The van der Waals surface area contributed by atoms with Crippen LogP contribution >= 0.6 is 0 Å². The van der Waals surface area contributed by atoms with Crippen LogP contribution in [0, 0.1) is 0 Å². The van der Waals surface area contributed by atoms with Gasteiger partial charge in [-0.25, -0.2) is 0 Å². The van der Waals surface area contributed by atoms with Gasteiger partial charge in [-0.05, 0) is 37.0 Å². The molecule has 1 fully saturated rings. The van der Waals surface area contributed by atoms with Crippen LogP contribution in [0.3, 0.4) is 0 Å². The second-order valence-corrected chi connectivity index (χ2v) is 6.56. The van der Waals surface area contributed by atoms with Gasteiger partial charge in [0.1, 0.15) is 0 Å². The zero-order chi connectivity index (χ0) is 19.0. The van der Waals surface area contributed by atoms with Gasteiger partial charge >= 0.3 is 10.4 Å². The Labute approximate surface area is 152 Å². The minimum Gasteiger partial charge on any atom is -0.454 e. The van der Waals surface area contributed by atoms with E-state index in [1.807, 2.05) is 35.3 Å². The molecule has 0 saturated carbocycles. The van der Waals surface area contributed by atoms with Crippen LogP contribution in [0.1, 0.15) is 24.8 Å². The van der Waals surface area contributed by atoms with Crippen LogP contribution in [0.15, 0.2) is 36.4 Å². The molecule has 0 bridgehead atoms. The Kier molecular flexibility index (Phi) is 7.19. The quantitative estimate of drug-likeness (QED) is 0.468. The molecule has 9 heteroatoms. The van der Waals surface area contributed by atoms with Crippen LogP contribution in [-0.2, 0) is 15.2 Å². The summed E-state index contributed by atoms with van der Waals surface area (Å²) in [7, 11) is -4.67. The molecule has 2 aliphatic heterocycles. The topological polar surface area (TPSA) is 113 Å². The van der Waals surface area contributed by atoms with E-state index in [-0.39, 0.29) is 12.7 Å². The van der Waals surface area contributed by atoms with Crippen LogP contribution < -0.4 is 9.47 Å². The summed E-state index contributed by atoms with van der Waals surface area (Å²) in [5.74, 6) is 1.65. The van der Waals surface area contributed by atoms with Gasteiger partial charge in [0.2, 0.25) is 12.7 Å². The summed E-state index contributed by atoms with van der Waals surface area (Å²) in [4.78, 5) is 13.8. The molecule has 8 nitrogen and oxygen atoms in total. The normalized spacial score (nSPS) is 16.6. The molecule has 2 N–H and O–H groups in total. The maximum atomic E-state index is 11.9. The average Bonchev–Trinajstić information content (AvgIpc) is 3.05. The van der Waals surface area contributed by atoms with Crippen molar-refractivity contribution in [2.75, 3.05) is 19.9 Å². The number of nitrogens with zero attached hydrogens (tertiary/aromatic N) is 1. The highest BCUT2D eigenvalue weighted by Gasteiger charge is 2.13. The Balaban J connectivity index is 0.000000431. The summed E-state index contributed by atoms with van der Waals surface area (Å²) in [6.07, 6.45) is 10.7. The second kappa shape index (κ2) is 9.37. The first-order chi connectivity index (χ1) is 12.3. The predicted molar refractivity (Wildman–Crippen MR) is 95.3 cm³/mol. The summed E-state index contributed by atoms with van der Waals surface area (Å²) >= 11 is 0. The lowest BCUT2D eigenvalue weighted by molar-refractivity contribution is -0.126. The predicted octanol–water partition coefficient (Wildman–Crippen LogP) is 2.34. The largest absolute Gasteiger partial charge is 0.454 e. The first-order valence-electron chi connectivity index (χ1n) is 8.06. The van der Waals surface area contributed by atoms with E-state index in [0.29, 0.717) is 0 Å². The van der Waals surface area contributed by atoms with Crippen molar-refractivity contribution in [3.8, 4) is 11.5 Å². The van der Waals surface area contributed by atoms with Crippen molar-refractivity contribution in [2.45, 2.75) is 19.3 Å². The minimum absolute atomic E-state index is 0.102. The SMILES string of the molecule is O=C(/C=C/C=C/c1ccc2c(c1)OCO2)N1CCCCC1.O=S(=O)(O)O. The number of likely N-dealkylation sites (tertiary alicyclic amines) is 1. The smallest absolute Gasteiger partial charge is 0.394 e. The van der Waals surface area contributed by atoms with E-state index in [1.165, 1.54) is 6.42 Å². The van der Waals surface area contributed by atoms with Crippen LogP contribution in [0.4, 0.5) is 0 Å². The van der Waals surface area contributed by atoms with Crippen LogP contribution in [0.25, 0.3) is 6.08 Å². The zero-order valence-electron chi connectivity index (χ0n) is 14.1. The van der Waals surface area contributed by atoms with Gasteiger partial charge in [-0.2, -0.15) is 8.42 Å². The Bertz CT molecular complexity index is 772. The molecule has 0 unspecified atom stereocenters. The van der Waals surface area contributed by atoms with Gasteiger partial charge in [-0.15, -0.1) is 0 Å². The molecule has 0 spiro atoms. The fraction of sp³-hybridized carbons (Fsp3) is 0.353. The number of carbonyl (C=O) groups excluding carboxylic acids is 1. The first kappa shape index (κ1) is 20.0. The van der Waals surface area contributed by atoms with Crippen molar-refractivity contribution in [2.24, 2.45) is 0 Å². The van der Waals surface area contributed by atoms with Gasteiger partial charge in [0.05, 0.1) is 0 Å². The van der Waals surface area contributed by atoms with Crippen LogP contribution in [0.2, 0.25) is 0 Å². The van der Waals surface area contributed by atoms with Crippen molar-refractivity contribution in [1.29, 1.82) is 0 Å². The number of allylic oxidation sites excluding steroid dienone is 2. The molecular formula is C17H21NO7S. The fourth-order valence-electron chi connectivity index (χ4n) is 2.54. The van der Waals surface area contributed by atoms with E-state index in [9.17, 15) is 4.79 Å². The summed E-state index contributed by atoms with van der Waals surface area (Å²) in [5, 5.41) is 0. The average molecular weight is 383 g/mol. The monoisotopic (exact) mass is 383 g/mol. The highest BCUT2D eigenvalue weighted by molar-refractivity contribution is 7.79. The molecular weight excluding hydrogens is 362 g/mol. The number of fused-ring (bicyclic) bond motifs is 1. The lowest BCUT2D eigenvalue weighted by atomic mass is 10.1. The van der Waals surface area contributed by atoms with E-state index in [1.54, 1.807) is 12.2 Å². The van der Waals surface area contributed by atoms with Crippen LogP contribution in [0.5, 0.6) is 11.5 Å². The highest BCUT2D eigenvalue weighted by Crippen LogP contribution is 2.32. The van der Waals surface area contributed by atoms with Crippen molar-refractivity contribution in [3.63, 3.8) is 0 Å².